The molecule has 27 heavy (non-hydrogen) atoms. The molecule has 0 amide bonds. The Morgan fingerprint density at radius 1 is 0.778 bits per heavy atom. The van der Waals surface area contributed by atoms with Crippen molar-refractivity contribution in [2.75, 3.05) is 5.73 Å². The number of halogens is 3. The van der Waals surface area contributed by atoms with Crippen LogP contribution in [0.4, 0.5) is 5.82 Å². The maximum absolute atomic E-state index is 5.68. The molecule has 144 valence electrons. The van der Waals surface area contributed by atoms with Crippen molar-refractivity contribution in [3.63, 3.8) is 0 Å². The maximum atomic E-state index is 5.68. The molecule has 0 aliphatic heterocycles. The number of hydrogen-bond donors (Lipinski definition) is 2. The average molecular weight is 519 g/mol. The Balaban J connectivity index is 0.000000451. The summed E-state index contributed by atoms with van der Waals surface area (Å²) in [6, 6.07) is 11.4. The molecule has 7 nitrogen and oxygen atoms in total. The van der Waals surface area contributed by atoms with E-state index in [4.69, 9.17) is 17.3 Å². The Labute approximate surface area is 178 Å². The fraction of sp³-hybridized carbons (Fsp3) is 0.0588. The average Bonchev–Trinajstić information content (AvgIpc) is 2.54. The summed E-state index contributed by atoms with van der Waals surface area (Å²) in [5.74, 6) is 0.445. The van der Waals surface area contributed by atoms with Gasteiger partial charge in [-0.1, -0.05) is 50.9 Å². The molecule has 0 radical (unpaired) electrons. The lowest BCUT2D eigenvalue weighted by Crippen LogP contribution is -1.91. The van der Waals surface area contributed by atoms with Gasteiger partial charge in [0.2, 0.25) is 0 Å². The Morgan fingerprint density at radius 2 is 1.26 bits per heavy atom. The van der Waals surface area contributed by atoms with E-state index in [1.54, 1.807) is 6.20 Å². The summed E-state index contributed by atoms with van der Waals surface area (Å²) in [5, 5.41) is 0.417. The maximum Gasteiger partial charge on any atom is 0.148 e. The third-order valence-electron chi connectivity index (χ3n) is 3.00. The predicted molar refractivity (Wildman–Crippen MR) is 119 cm³/mol. The molecule has 10 heteroatoms. The van der Waals surface area contributed by atoms with Gasteiger partial charge in [-0.05, 0) is 36.4 Å². The molecule has 0 bridgehead atoms. The van der Waals surface area contributed by atoms with Crippen LogP contribution in [0.2, 0.25) is 5.15 Å². The molecule has 7 N–H and O–H groups in total. The summed E-state index contributed by atoms with van der Waals surface area (Å²) in [7, 11) is 0. The monoisotopic (exact) mass is 516 g/mol. The van der Waals surface area contributed by atoms with E-state index < -0.39 is 0 Å². The number of fused-ring (bicyclic) bond motifs is 2. The summed E-state index contributed by atoms with van der Waals surface area (Å²) in [5.41, 5.74) is 8.80. The second kappa shape index (κ2) is 11.1. The topological polar surface area (TPSA) is 144 Å². The lowest BCUT2D eigenvalue weighted by Gasteiger charge is -1.97. The minimum absolute atomic E-state index is 0. The molecule has 2 aromatic carbocycles. The molecule has 0 saturated carbocycles. The van der Waals surface area contributed by atoms with Crippen molar-refractivity contribution in [2.24, 2.45) is 0 Å². The third-order valence-corrected chi connectivity index (χ3v) is 4.17. The molecule has 0 spiro atoms. The van der Waals surface area contributed by atoms with Gasteiger partial charge in [-0.15, -0.1) is 0 Å². The molecule has 0 aliphatic rings. The number of nitrogens with two attached hydrogens (primary N) is 1. The van der Waals surface area contributed by atoms with Gasteiger partial charge in [0.15, 0.2) is 0 Å². The number of aromatic nitrogens is 4. The Kier molecular flexibility index (Phi) is 10.3. The lowest BCUT2D eigenvalue weighted by molar-refractivity contribution is 0.824. The van der Waals surface area contributed by atoms with Crippen LogP contribution in [0.1, 0.15) is 7.43 Å². The standard InChI is InChI=1S/C8H4BrClN2.C8H6BrN3.CH4.H3N.H2O/c2*9-5-1-2-6-7(3-5)12-8(10)4-11-6;;;/h1-4H;1-4H,(H2,10,12);1H4;1H3;1H2. The van der Waals surface area contributed by atoms with Crippen LogP contribution in [0.15, 0.2) is 57.7 Å². The van der Waals surface area contributed by atoms with Crippen LogP contribution in [0.3, 0.4) is 0 Å². The van der Waals surface area contributed by atoms with E-state index in [1.807, 2.05) is 36.4 Å². The number of anilines is 1. The van der Waals surface area contributed by atoms with Gasteiger partial charge in [0.1, 0.15) is 11.0 Å². The molecule has 0 unspecified atom stereocenters. The highest BCUT2D eigenvalue weighted by Gasteiger charge is 1.98. The van der Waals surface area contributed by atoms with E-state index in [1.165, 1.54) is 6.20 Å². The van der Waals surface area contributed by atoms with Gasteiger partial charge in [0.05, 0.1) is 34.5 Å². The molecule has 0 saturated heterocycles. The Hall–Kier alpha value is -1.91. The summed E-state index contributed by atoms with van der Waals surface area (Å²) in [4.78, 5) is 16.5. The number of nitrogen functional groups attached to an aromatic ring is 1. The lowest BCUT2D eigenvalue weighted by atomic mass is 10.3. The van der Waals surface area contributed by atoms with Crippen molar-refractivity contribution >= 4 is 71.3 Å². The van der Waals surface area contributed by atoms with Crippen LogP contribution in [-0.2, 0) is 0 Å². The molecule has 0 atom stereocenters. The fourth-order valence-electron chi connectivity index (χ4n) is 1.96. The molecule has 4 aromatic rings. The second-order valence-corrected chi connectivity index (χ2v) is 6.97. The van der Waals surface area contributed by atoms with Crippen molar-refractivity contribution in [2.45, 2.75) is 7.43 Å². The van der Waals surface area contributed by atoms with Crippen LogP contribution in [0.5, 0.6) is 0 Å². The van der Waals surface area contributed by atoms with Crippen molar-refractivity contribution in [3.8, 4) is 0 Å². The molecular weight excluding hydrogens is 499 g/mol. The van der Waals surface area contributed by atoms with Gasteiger partial charge in [0, 0.05) is 8.95 Å². The zero-order chi connectivity index (χ0) is 17.1. The zero-order valence-electron chi connectivity index (χ0n) is 13.3. The molecule has 2 heterocycles. The van der Waals surface area contributed by atoms with E-state index in [0.717, 1.165) is 31.0 Å². The summed E-state index contributed by atoms with van der Waals surface area (Å²) >= 11 is 12.4. The van der Waals surface area contributed by atoms with E-state index in [-0.39, 0.29) is 19.1 Å². The minimum atomic E-state index is 0. The van der Waals surface area contributed by atoms with Gasteiger partial charge in [0.25, 0.3) is 0 Å². The third kappa shape index (κ3) is 6.64. The van der Waals surface area contributed by atoms with E-state index >= 15 is 0 Å². The molecule has 0 fully saturated rings. The van der Waals surface area contributed by atoms with E-state index in [2.05, 4.69) is 51.8 Å². The smallest absolute Gasteiger partial charge is 0.148 e. The molecule has 4 rings (SSSR count). The number of nitrogens with zero attached hydrogens (tertiary/aromatic N) is 4. The first-order valence-electron chi connectivity index (χ1n) is 6.77. The van der Waals surface area contributed by atoms with Crippen molar-refractivity contribution in [1.82, 2.24) is 26.1 Å². The first-order valence-corrected chi connectivity index (χ1v) is 8.73. The van der Waals surface area contributed by atoms with Gasteiger partial charge in [-0.3, -0.25) is 9.97 Å². The van der Waals surface area contributed by atoms with Crippen molar-refractivity contribution in [3.05, 3.63) is 62.9 Å². The van der Waals surface area contributed by atoms with Gasteiger partial charge >= 0.3 is 0 Å². The van der Waals surface area contributed by atoms with Crippen LogP contribution in [0.25, 0.3) is 22.1 Å². The largest absolute Gasteiger partial charge is 0.412 e. The van der Waals surface area contributed by atoms with Gasteiger partial charge < -0.3 is 17.4 Å². The highest BCUT2D eigenvalue weighted by Crippen LogP contribution is 2.18. The molecule has 0 aliphatic carbocycles. The van der Waals surface area contributed by atoms with Crippen LogP contribution in [0, 0.1) is 0 Å². The molecule has 2 aromatic heterocycles. The quantitative estimate of drug-likeness (QED) is 0.335. The summed E-state index contributed by atoms with van der Waals surface area (Å²) in [6.07, 6.45) is 3.09. The van der Waals surface area contributed by atoms with E-state index in [9.17, 15) is 0 Å². The first kappa shape index (κ1) is 25.1. The Bertz CT molecular complexity index is 878. The van der Waals surface area contributed by atoms with Crippen molar-refractivity contribution < 1.29 is 5.48 Å². The highest BCUT2D eigenvalue weighted by molar-refractivity contribution is 9.10. The highest BCUT2D eigenvalue weighted by atomic mass is 79.9. The second-order valence-electron chi connectivity index (χ2n) is 4.75. The van der Waals surface area contributed by atoms with Gasteiger partial charge in [-0.2, -0.15) is 0 Å². The summed E-state index contributed by atoms with van der Waals surface area (Å²) < 4.78 is 1.96. The SMILES string of the molecule is C.Clc1cnc2ccc(Br)cc2n1.N.Nc1cnc2ccc(Br)cc2n1.O. The number of hydrogen-bond acceptors (Lipinski definition) is 6. The first-order chi connectivity index (χ1) is 11.5. The van der Waals surface area contributed by atoms with Crippen LogP contribution < -0.4 is 11.9 Å². The summed E-state index contributed by atoms with van der Waals surface area (Å²) in [6.45, 7) is 0. The normalized spacial score (nSPS) is 9.30. The van der Waals surface area contributed by atoms with Crippen molar-refractivity contribution in [1.29, 1.82) is 0 Å². The Morgan fingerprint density at radius 3 is 1.81 bits per heavy atom. The van der Waals surface area contributed by atoms with Crippen LogP contribution >= 0.6 is 43.5 Å². The number of rotatable bonds is 0. The van der Waals surface area contributed by atoms with Gasteiger partial charge in [-0.25, -0.2) is 9.97 Å². The van der Waals surface area contributed by atoms with Crippen LogP contribution in [-0.4, -0.2) is 25.4 Å². The number of benzene rings is 2. The zero-order valence-corrected chi connectivity index (χ0v) is 17.3. The predicted octanol–water partition coefficient (Wildman–Crippen LogP) is 4.99. The minimum Gasteiger partial charge on any atom is -0.412 e. The fourth-order valence-corrected chi connectivity index (χ4v) is 2.80. The molecular formula is C17H19Br2ClN6O. The van der Waals surface area contributed by atoms with E-state index in [0.29, 0.717) is 11.0 Å².